The van der Waals surface area contributed by atoms with Crippen LogP contribution in [0.1, 0.15) is 73.8 Å². The largest absolute Gasteiger partial charge is 0.353 e. The summed E-state index contributed by atoms with van der Waals surface area (Å²) >= 11 is 0. The lowest BCUT2D eigenvalue weighted by Crippen LogP contribution is -2.29. The van der Waals surface area contributed by atoms with E-state index in [0.29, 0.717) is 17.9 Å². The van der Waals surface area contributed by atoms with E-state index in [1.165, 1.54) is 53.6 Å². The molecule has 0 aliphatic heterocycles. The standard InChI is InChI=1S/C25H32N6/c1-14(2)22-23(19-12-31-25(27-13-28-31)16(4)15(19)3)30-21-11-10-20(29-24(21)22)17-6-8-18(26-5)9-7-17/h10-14,17-18,26,30H,6-9H2,1-5H3. The topological polar surface area (TPSA) is 70.9 Å². The average Bonchev–Trinajstić information content (AvgIpc) is 3.40. The van der Waals surface area contributed by atoms with Crippen molar-refractivity contribution < 1.29 is 0 Å². The zero-order valence-corrected chi connectivity index (χ0v) is 19.2. The number of nitrogens with one attached hydrogen (secondary N) is 2. The number of aromatic amines is 1. The molecule has 4 aromatic rings. The molecule has 31 heavy (non-hydrogen) atoms. The molecule has 1 fully saturated rings. The van der Waals surface area contributed by atoms with Crippen LogP contribution < -0.4 is 5.32 Å². The lowest BCUT2D eigenvalue weighted by molar-refractivity contribution is 0.355. The van der Waals surface area contributed by atoms with Crippen molar-refractivity contribution in [1.82, 2.24) is 29.9 Å². The molecule has 1 aliphatic carbocycles. The van der Waals surface area contributed by atoms with Gasteiger partial charge in [0.25, 0.3) is 0 Å². The van der Waals surface area contributed by atoms with Gasteiger partial charge in [-0.3, -0.25) is 4.98 Å². The molecule has 4 aromatic heterocycles. The van der Waals surface area contributed by atoms with Crippen LogP contribution in [0.25, 0.3) is 27.9 Å². The predicted octanol–water partition coefficient (Wildman–Crippen LogP) is 5.26. The molecule has 5 rings (SSSR count). The van der Waals surface area contributed by atoms with Gasteiger partial charge in [-0.05, 0) is 75.8 Å². The number of pyridine rings is 2. The Morgan fingerprint density at radius 2 is 1.87 bits per heavy atom. The molecule has 0 spiro atoms. The predicted molar refractivity (Wildman–Crippen MR) is 126 cm³/mol. The number of aryl methyl sites for hydroxylation is 1. The molecule has 0 radical (unpaired) electrons. The molecule has 0 saturated heterocycles. The minimum atomic E-state index is 0.359. The summed E-state index contributed by atoms with van der Waals surface area (Å²) in [6.45, 7) is 8.82. The summed E-state index contributed by atoms with van der Waals surface area (Å²) < 4.78 is 1.88. The summed E-state index contributed by atoms with van der Waals surface area (Å²) in [6.07, 6.45) is 8.59. The number of nitrogens with zero attached hydrogens (tertiary/aromatic N) is 4. The van der Waals surface area contributed by atoms with Crippen molar-refractivity contribution in [2.45, 2.75) is 71.3 Å². The van der Waals surface area contributed by atoms with Crippen LogP contribution in [0.5, 0.6) is 0 Å². The second-order valence-corrected chi connectivity index (χ2v) is 9.36. The van der Waals surface area contributed by atoms with E-state index < -0.39 is 0 Å². The highest BCUT2D eigenvalue weighted by molar-refractivity contribution is 5.89. The summed E-state index contributed by atoms with van der Waals surface area (Å²) in [5, 5.41) is 7.83. The van der Waals surface area contributed by atoms with E-state index in [2.05, 4.69) is 73.5 Å². The van der Waals surface area contributed by atoms with Crippen molar-refractivity contribution in [3.63, 3.8) is 0 Å². The van der Waals surface area contributed by atoms with Crippen molar-refractivity contribution in [2.24, 2.45) is 0 Å². The Kier molecular flexibility index (Phi) is 5.05. The first-order valence-electron chi connectivity index (χ1n) is 11.5. The Morgan fingerprint density at radius 1 is 1.10 bits per heavy atom. The SMILES string of the molecule is CNC1CCC(c2ccc3[nH]c(-c4cn5ncnc5c(C)c4C)c(C(C)C)c3n2)CC1. The van der Waals surface area contributed by atoms with Gasteiger partial charge in [-0.15, -0.1) is 0 Å². The van der Waals surface area contributed by atoms with Crippen molar-refractivity contribution >= 4 is 16.7 Å². The minimum Gasteiger partial charge on any atom is -0.353 e. The molecular weight excluding hydrogens is 384 g/mol. The van der Waals surface area contributed by atoms with Crippen molar-refractivity contribution in [2.75, 3.05) is 7.05 Å². The van der Waals surface area contributed by atoms with E-state index in [1.54, 1.807) is 6.33 Å². The molecule has 0 unspecified atom stereocenters. The van der Waals surface area contributed by atoms with Gasteiger partial charge in [0.2, 0.25) is 0 Å². The first kappa shape index (κ1) is 20.2. The summed E-state index contributed by atoms with van der Waals surface area (Å²) in [6, 6.07) is 5.12. The fourth-order valence-electron chi connectivity index (χ4n) is 5.23. The van der Waals surface area contributed by atoms with Crippen LogP contribution >= 0.6 is 0 Å². The van der Waals surface area contributed by atoms with Gasteiger partial charge >= 0.3 is 0 Å². The highest BCUT2D eigenvalue weighted by atomic mass is 15.3. The van der Waals surface area contributed by atoms with Crippen LogP contribution in [0.4, 0.5) is 0 Å². The summed E-state index contributed by atoms with van der Waals surface area (Å²) in [7, 11) is 2.08. The second kappa shape index (κ2) is 7.75. The average molecular weight is 417 g/mol. The lowest BCUT2D eigenvalue weighted by Gasteiger charge is -2.27. The van der Waals surface area contributed by atoms with Gasteiger partial charge in [0.1, 0.15) is 6.33 Å². The number of hydrogen-bond acceptors (Lipinski definition) is 4. The Morgan fingerprint density at radius 3 is 2.58 bits per heavy atom. The van der Waals surface area contributed by atoms with Crippen LogP contribution in [0.2, 0.25) is 0 Å². The monoisotopic (exact) mass is 416 g/mol. The van der Waals surface area contributed by atoms with Gasteiger partial charge in [-0.25, -0.2) is 9.50 Å². The molecule has 0 amide bonds. The third kappa shape index (κ3) is 3.33. The van der Waals surface area contributed by atoms with Gasteiger partial charge in [-0.2, -0.15) is 5.10 Å². The summed E-state index contributed by atoms with van der Waals surface area (Å²) in [5.74, 6) is 0.917. The molecule has 162 valence electrons. The maximum Gasteiger partial charge on any atom is 0.158 e. The fourth-order valence-corrected chi connectivity index (χ4v) is 5.23. The van der Waals surface area contributed by atoms with Gasteiger partial charge in [-0.1, -0.05) is 13.8 Å². The molecule has 4 heterocycles. The maximum absolute atomic E-state index is 5.24. The Bertz CT molecular complexity index is 1240. The van der Waals surface area contributed by atoms with Gasteiger partial charge in [0.05, 0.1) is 16.7 Å². The van der Waals surface area contributed by atoms with Crippen molar-refractivity contribution in [3.8, 4) is 11.3 Å². The lowest BCUT2D eigenvalue weighted by atomic mass is 9.84. The summed E-state index contributed by atoms with van der Waals surface area (Å²) in [4.78, 5) is 13.3. The van der Waals surface area contributed by atoms with E-state index in [0.717, 1.165) is 22.4 Å². The smallest absolute Gasteiger partial charge is 0.158 e. The first-order valence-corrected chi connectivity index (χ1v) is 11.5. The van der Waals surface area contributed by atoms with E-state index in [4.69, 9.17) is 4.98 Å². The molecule has 0 bridgehead atoms. The number of fused-ring (bicyclic) bond motifs is 2. The highest BCUT2D eigenvalue weighted by Gasteiger charge is 2.25. The summed E-state index contributed by atoms with van der Waals surface area (Å²) in [5.41, 5.74) is 10.4. The van der Waals surface area contributed by atoms with Gasteiger partial charge in [0, 0.05) is 35.0 Å². The molecule has 0 atom stereocenters. The number of hydrogen-bond donors (Lipinski definition) is 2. The number of rotatable bonds is 4. The van der Waals surface area contributed by atoms with Crippen LogP contribution in [0.3, 0.4) is 0 Å². The zero-order chi connectivity index (χ0) is 21.7. The molecule has 1 aliphatic rings. The van der Waals surface area contributed by atoms with Crippen LogP contribution in [0.15, 0.2) is 24.7 Å². The fraction of sp³-hybridized carbons (Fsp3) is 0.480. The molecule has 0 aromatic carbocycles. The van der Waals surface area contributed by atoms with E-state index >= 15 is 0 Å². The maximum atomic E-state index is 5.24. The Hall–Kier alpha value is -2.73. The minimum absolute atomic E-state index is 0.359. The van der Waals surface area contributed by atoms with Crippen LogP contribution in [-0.4, -0.2) is 37.7 Å². The van der Waals surface area contributed by atoms with Crippen molar-refractivity contribution in [1.29, 1.82) is 0 Å². The van der Waals surface area contributed by atoms with Gasteiger partial charge < -0.3 is 10.3 Å². The van der Waals surface area contributed by atoms with Crippen LogP contribution in [-0.2, 0) is 0 Å². The van der Waals surface area contributed by atoms with E-state index in [1.807, 2.05) is 4.52 Å². The molecule has 1 saturated carbocycles. The van der Waals surface area contributed by atoms with E-state index in [-0.39, 0.29) is 0 Å². The number of H-pyrrole nitrogens is 1. The normalized spacial score (nSPS) is 19.7. The molecule has 2 N–H and O–H groups in total. The third-order valence-corrected chi connectivity index (χ3v) is 7.23. The quantitative estimate of drug-likeness (QED) is 0.476. The van der Waals surface area contributed by atoms with Gasteiger partial charge in [0.15, 0.2) is 5.65 Å². The van der Waals surface area contributed by atoms with E-state index in [9.17, 15) is 0 Å². The van der Waals surface area contributed by atoms with Crippen LogP contribution in [0, 0.1) is 13.8 Å². The number of aromatic nitrogens is 5. The van der Waals surface area contributed by atoms with Crippen molar-refractivity contribution in [3.05, 3.63) is 47.0 Å². The molecular formula is C25H32N6. The second-order valence-electron chi connectivity index (χ2n) is 9.36. The zero-order valence-electron chi connectivity index (χ0n) is 19.2. The molecule has 6 heteroatoms. The molecule has 6 nitrogen and oxygen atoms in total. The Balaban J connectivity index is 1.63. The first-order chi connectivity index (χ1) is 15.0. The third-order valence-electron chi connectivity index (χ3n) is 7.23. The highest BCUT2D eigenvalue weighted by Crippen LogP contribution is 2.39. The Labute approximate surface area is 183 Å².